The monoisotopic (exact) mass is 221 g/mol. The molecule has 0 radical (unpaired) electrons. The lowest BCUT2D eigenvalue weighted by atomic mass is 10.1. The molecule has 1 aromatic rings. The van der Waals surface area contributed by atoms with Crippen molar-refractivity contribution >= 4 is 11.6 Å². The summed E-state index contributed by atoms with van der Waals surface area (Å²) < 4.78 is 0. The number of nitrogens with two attached hydrogens (primary N) is 1. The Labute approximate surface area is 96.2 Å². The number of rotatable bonds is 5. The second-order valence-corrected chi connectivity index (χ2v) is 4.16. The van der Waals surface area contributed by atoms with Gasteiger partial charge in [-0.2, -0.15) is 0 Å². The van der Waals surface area contributed by atoms with Crippen LogP contribution >= 0.6 is 0 Å². The largest absolute Gasteiger partial charge is 0.352 e. The van der Waals surface area contributed by atoms with Crippen LogP contribution in [0.4, 0.5) is 5.69 Å². The van der Waals surface area contributed by atoms with E-state index >= 15 is 0 Å². The van der Waals surface area contributed by atoms with Crippen LogP contribution in [-0.2, 0) is 0 Å². The van der Waals surface area contributed by atoms with Crippen LogP contribution in [0.25, 0.3) is 0 Å². The Kier molecular flexibility index (Phi) is 4.79. The molecule has 1 amide bonds. The Morgan fingerprint density at radius 3 is 2.44 bits per heavy atom. The standard InChI is InChI=1S/C12H19N3O/c1-9(2)7-8-14-12(16)10-3-5-11(15-13)6-4-10/h3-6,9,15H,7-8,13H2,1-2H3,(H,14,16). The molecule has 0 aliphatic carbocycles. The van der Waals surface area contributed by atoms with Gasteiger partial charge in [0.05, 0.1) is 0 Å². The number of amides is 1. The van der Waals surface area contributed by atoms with Crippen LogP contribution in [0.15, 0.2) is 24.3 Å². The molecule has 0 fully saturated rings. The number of anilines is 1. The molecule has 0 saturated carbocycles. The number of hydrogen-bond acceptors (Lipinski definition) is 3. The third-order valence-corrected chi connectivity index (χ3v) is 2.32. The molecule has 1 rings (SSSR count). The molecular weight excluding hydrogens is 202 g/mol. The fourth-order valence-electron chi connectivity index (χ4n) is 1.29. The molecule has 4 heteroatoms. The zero-order valence-corrected chi connectivity index (χ0v) is 9.79. The van der Waals surface area contributed by atoms with E-state index in [9.17, 15) is 4.79 Å². The van der Waals surface area contributed by atoms with E-state index in [1.54, 1.807) is 24.3 Å². The molecule has 0 aliphatic heterocycles. The number of carbonyl (C=O) groups excluding carboxylic acids is 1. The minimum Gasteiger partial charge on any atom is -0.352 e. The van der Waals surface area contributed by atoms with Crippen LogP contribution in [-0.4, -0.2) is 12.5 Å². The van der Waals surface area contributed by atoms with Crippen molar-refractivity contribution in [1.29, 1.82) is 0 Å². The van der Waals surface area contributed by atoms with E-state index in [4.69, 9.17) is 5.84 Å². The van der Waals surface area contributed by atoms with Gasteiger partial charge in [0.2, 0.25) is 0 Å². The Balaban J connectivity index is 2.46. The normalized spacial score (nSPS) is 10.2. The van der Waals surface area contributed by atoms with Crippen molar-refractivity contribution in [1.82, 2.24) is 5.32 Å². The second kappa shape index (κ2) is 6.12. The van der Waals surface area contributed by atoms with Crippen LogP contribution in [0.5, 0.6) is 0 Å². The third kappa shape index (κ3) is 3.90. The van der Waals surface area contributed by atoms with E-state index in [1.807, 2.05) is 0 Å². The fourth-order valence-corrected chi connectivity index (χ4v) is 1.29. The van der Waals surface area contributed by atoms with Crippen molar-refractivity contribution in [2.45, 2.75) is 20.3 Å². The highest BCUT2D eigenvalue weighted by Gasteiger charge is 2.04. The predicted octanol–water partition coefficient (Wildman–Crippen LogP) is 1.75. The van der Waals surface area contributed by atoms with Crippen molar-refractivity contribution in [3.05, 3.63) is 29.8 Å². The zero-order chi connectivity index (χ0) is 12.0. The van der Waals surface area contributed by atoms with Gasteiger partial charge in [-0.25, -0.2) is 0 Å². The van der Waals surface area contributed by atoms with Crippen LogP contribution in [0.1, 0.15) is 30.6 Å². The number of hydrogen-bond donors (Lipinski definition) is 3. The van der Waals surface area contributed by atoms with Gasteiger partial charge in [-0.1, -0.05) is 13.8 Å². The van der Waals surface area contributed by atoms with Crippen molar-refractivity contribution in [3.63, 3.8) is 0 Å². The van der Waals surface area contributed by atoms with Crippen LogP contribution in [0, 0.1) is 5.92 Å². The number of carbonyl (C=O) groups is 1. The summed E-state index contributed by atoms with van der Waals surface area (Å²) in [5.74, 6) is 5.80. The summed E-state index contributed by atoms with van der Waals surface area (Å²) in [5.41, 5.74) is 3.97. The molecule has 16 heavy (non-hydrogen) atoms. The lowest BCUT2D eigenvalue weighted by Gasteiger charge is -2.07. The van der Waals surface area contributed by atoms with E-state index < -0.39 is 0 Å². The van der Waals surface area contributed by atoms with Gasteiger partial charge in [0, 0.05) is 17.8 Å². The molecule has 4 N–H and O–H groups in total. The van der Waals surface area contributed by atoms with Crippen LogP contribution in [0.3, 0.4) is 0 Å². The molecule has 0 atom stereocenters. The summed E-state index contributed by atoms with van der Waals surface area (Å²) in [6.07, 6.45) is 0.994. The molecule has 0 aliphatic rings. The summed E-state index contributed by atoms with van der Waals surface area (Å²) in [6, 6.07) is 7.05. The molecule has 0 heterocycles. The first-order chi connectivity index (χ1) is 7.63. The summed E-state index contributed by atoms with van der Waals surface area (Å²) in [7, 11) is 0. The molecule has 88 valence electrons. The topological polar surface area (TPSA) is 67.2 Å². The first-order valence-electron chi connectivity index (χ1n) is 5.48. The first kappa shape index (κ1) is 12.5. The van der Waals surface area contributed by atoms with E-state index in [0.29, 0.717) is 18.0 Å². The van der Waals surface area contributed by atoms with E-state index in [0.717, 1.165) is 12.1 Å². The van der Waals surface area contributed by atoms with Crippen molar-refractivity contribution in [2.75, 3.05) is 12.0 Å². The van der Waals surface area contributed by atoms with Gasteiger partial charge in [0.15, 0.2) is 0 Å². The number of benzene rings is 1. The van der Waals surface area contributed by atoms with E-state index in [1.165, 1.54) is 0 Å². The molecule has 0 aromatic heterocycles. The fraction of sp³-hybridized carbons (Fsp3) is 0.417. The van der Waals surface area contributed by atoms with Crippen LogP contribution < -0.4 is 16.6 Å². The molecule has 1 aromatic carbocycles. The average molecular weight is 221 g/mol. The third-order valence-electron chi connectivity index (χ3n) is 2.32. The van der Waals surface area contributed by atoms with Gasteiger partial charge in [-0.3, -0.25) is 10.6 Å². The Morgan fingerprint density at radius 1 is 1.31 bits per heavy atom. The summed E-state index contributed by atoms with van der Waals surface area (Å²) in [4.78, 5) is 11.7. The Bertz CT molecular complexity index is 333. The Morgan fingerprint density at radius 2 is 1.94 bits per heavy atom. The number of hydrazine groups is 1. The highest BCUT2D eigenvalue weighted by atomic mass is 16.1. The van der Waals surface area contributed by atoms with E-state index in [-0.39, 0.29) is 5.91 Å². The van der Waals surface area contributed by atoms with Gasteiger partial charge in [-0.05, 0) is 36.6 Å². The average Bonchev–Trinajstić information content (AvgIpc) is 2.28. The molecule has 0 unspecified atom stereocenters. The Hall–Kier alpha value is -1.55. The SMILES string of the molecule is CC(C)CCNC(=O)c1ccc(NN)cc1. The minimum atomic E-state index is -0.0378. The predicted molar refractivity (Wildman–Crippen MR) is 66.0 cm³/mol. The van der Waals surface area contributed by atoms with Crippen molar-refractivity contribution < 1.29 is 4.79 Å². The highest BCUT2D eigenvalue weighted by molar-refractivity contribution is 5.94. The number of nitrogens with one attached hydrogen (secondary N) is 2. The van der Waals surface area contributed by atoms with Gasteiger partial charge >= 0.3 is 0 Å². The van der Waals surface area contributed by atoms with Crippen molar-refractivity contribution in [2.24, 2.45) is 11.8 Å². The van der Waals surface area contributed by atoms with Crippen LogP contribution in [0.2, 0.25) is 0 Å². The molecular formula is C12H19N3O. The quantitative estimate of drug-likeness (QED) is 0.524. The summed E-state index contributed by atoms with van der Waals surface area (Å²) in [5, 5.41) is 2.88. The maximum Gasteiger partial charge on any atom is 0.251 e. The van der Waals surface area contributed by atoms with E-state index in [2.05, 4.69) is 24.6 Å². The smallest absolute Gasteiger partial charge is 0.251 e. The number of nitrogen functional groups attached to an aromatic ring is 1. The lowest BCUT2D eigenvalue weighted by molar-refractivity contribution is 0.0952. The maximum atomic E-state index is 11.7. The minimum absolute atomic E-state index is 0.0378. The maximum absolute atomic E-state index is 11.7. The van der Waals surface area contributed by atoms with Gasteiger partial charge in [0.25, 0.3) is 5.91 Å². The summed E-state index contributed by atoms with van der Waals surface area (Å²) in [6.45, 7) is 4.98. The molecule has 4 nitrogen and oxygen atoms in total. The molecule has 0 spiro atoms. The van der Waals surface area contributed by atoms with Gasteiger partial charge in [0.1, 0.15) is 0 Å². The summed E-state index contributed by atoms with van der Waals surface area (Å²) >= 11 is 0. The lowest BCUT2D eigenvalue weighted by Crippen LogP contribution is -2.25. The van der Waals surface area contributed by atoms with Gasteiger partial charge < -0.3 is 10.7 Å². The van der Waals surface area contributed by atoms with Gasteiger partial charge in [-0.15, -0.1) is 0 Å². The zero-order valence-electron chi connectivity index (χ0n) is 9.79. The second-order valence-electron chi connectivity index (χ2n) is 4.16. The highest BCUT2D eigenvalue weighted by Crippen LogP contribution is 2.07. The van der Waals surface area contributed by atoms with Crippen molar-refractivity contribution in [3.8, 4) is 0 Å². The molecule has 0 saturated heterocycles. The molecule has 0 bridgehead atoms. The first-order valence-corrected chi connectivity index (χ1v) is 5.48.